The molecule has 1 saturated carbocycles. The first-order valence-corrected chi connectivity index (χ1v) is 14.8. The number of aliphatic hydroxyl groups is 2. The first-order valence-electron chi connectivity index (χ1n) is 14.8. The summed E-state index contributed by atoms with van der Waals surface area (Å²) in [6.45, 7) is 10.1. The fourth-order valence-electron chi connectivity index (χ4n) is 6.90. The van der Waals surface area contributed by atoms with Crippen molar-refractivity contribution in [3.8, 4) is 0 Å². The van der Waals surface area contributed by atoms with Gasteiger partial charge < -0.3 is 29.2 Å². The van der Waals surface area contributed by atoms with Crippen LogP contribution in [-0.2, 0) is 47.7 Å². The van der Waals surface area contributed by atoms with Gasteiger partial charge in [0.2, 0.25) is 6.29 Å². The zero-order valence-corrected chi connectivity index (χ0v) is 26.0. The number of ether oxygens (including phenoxy) is 4. The molecule has 12 heteroatoms. The minimum absolute atomic E-state index is 0.0146. The predicted molar refractivity (Wildman–Crippen MR) is 151 cm³/mol. The topological polar surface area (TPSA) is 180 Å². The Hall–Kier alpha value is -3.64. The zero-order chi connectivity index (χ0) is 32.9. The third-order valence-electron chi connectivity index (χ3n) is 9.78. The molecule has 1 fully saturated rings. The quantitative estimate of drug-likeness (QED) is 0.300. The Morgan fingerprint density at radius 1 is 1.14 bits per heavy atom. The lowest BCUT2D eigenvalue weighted by Gasteiger charge is -2.52. The molecule has 0 aromatic carbocycles. The summed E-state index contributed by atoms with van der Waals surface area (Å²) in [6, 6.07) is 0. The van der Waals surface area contributed by atoms with E-state index < -0.39 is 88.1 Å². The lowest BCUT2D eigenvalue weighted by Crippen LogP contribution is -2.64. The van der Waals surface area contributed by atoms with Crippen molar-refractivity contribution in [1.82, 2.24) is 0 Å². The number of hydrogen-bond donors (Lipinski definition) is 2. The van der Waals surface area contributed by atoms with Gasteiger partial charge in [0.25, 0.3) is 0 Å². The van der Waals surface area contributed by atoms with E-state index in [-0.39, 0.29) is 36.0 Å². The molecule has 0 aromatic heterocycles. The van der Waals surface area contributed by atoms with Crippen LogP contribution < -0.4 is 0 Å². The molecule has 2 aliphatic heterocycles. The standard InChI is InChI=1S/C32H40O12/c1-8-15(2)28(38)44-27(18-14-30(4,5)19(12-22(34)41-7)16(3)25(18)37)32(40)20-13-24(36)42-26(17-11-23(35)43-29(17)39)31(20,6)10-9-21(32)33/h11,13-16,19,23,26-27,35,40H,8-10,12H2,1-7H3/t15-,16-,19-,23-,26+,27-,31-,32+/m1/s1. The molecular weight excluding hydrogens is 576 g/mol. The molecule has 2 heterocycles. The van der Waals surface area contributed by atoms with Gasteiger partial charge in [-0.3, -0.25) is 19.2 Å². The average Bonchev–Trinajstić information content (AvgIpc) is 3.30. The Labute approximate surface area is 255 Å². The summed E-state index contributed by atoms with van der Waals surface area (Å²) < 4.78 is 21.1. The Morgan fingerprint density at radius 3 is 2.36 bits per heavy atom. The molecule has 0 amide bonds. The van der Waals surface area contributed by atoms with E-state index in [2.05, 4.69) is 0 Å². The fourth-order valence-corrected chi connectivity index (χ4v) is 6.90. The van der Waals surface area contributed by atoms with Gasteiger partial charge in [0.1, 0.15) is 6.10 Å². The lowest BCUT2D eigenvalue weighted by molar-refractivity contribution is -0.175. The van der Waals surface area contributed by atoms with Gasteiger partial charge in [-0.2, -0.15) is 0 Å². The van der Waals surface area contributed by atoms with Crippen molar-refractivity contribution in [3.63, 3.8) is 0 Å². The Balaban J connectivity index is 1.92. The minimum atomic E-state index is -2.71. The molecule has 8 atom stereocenters. The molecule has 4 rings (SSSR count). The zero-order valence-electron chi connectivity index (χ0n) is 26.0. The van der Waals surface area contributed by atoms with Crippen molar-refractivity contribution < 1.29 is 57.9 Å². The number of cyclic esters (lactones) is 2. The van der Waals surface area contributed by atoms with Gasteiger partial charge in [0.05, 0.1) is 18.6 Å². The molecule has 0 saturated heterocycles. The average molecular weight is 617 g/mol. The van der Waals surface area contributed by atoms with E-state index in [1.807, 2.05) is 0 Å². The van der Waals surface area contributed by atoms with E-state index in [0.717, 1.165) is 12.2 Å². The highest BCUT2D eigenvalue weighted by Gasteiger charge is 2.65. The van der Waals surface area contributed by atoms with Gasteiger partial charge in [0.15, 0.2) is 23.3 Å². The fraction of sp³-hybridized carbons (Fsp3) is 0.625. The van der Waals surface area contributed by atoms with Crippen LogP contribution >= 0.6 is 0 Å². The van der Waals surface area contributed by atoms with Crippen LogP contribution in [0.1, 0.15) is 67.2 Å². The monoisotopic (exact) mass is 616 g/mol. The number of carbonyl (C=O) groups excluding carboxylic acids is 6. The summed E-state index contributed by atoms with van der Waals surface area (Å²) in [5, 5.41) is 22.5. The molecular formula is C32H40O12. The number of ketones is 2. The van der Waals surface area contributed by atoms with Crippen LogP contribution in [0, 0.1) is 28.6 Å². The molecule has 0 spiro atoms. The molecule has 0 radical (unpaired) electrons. The van der Waals surface area contributed by atoms with Crippen molar-refractivity contribution in [2.45, 2.75) is 91.3 Å². The number of aliphatic hydroxyl groups excluding tert-OH is 1. The van der Waals surface area contributed by atoms with Crippen molar-refractivity contribution in [2.24, 2.45) is 28.6 Å². The summed E-state index contributed by atoms with van der Waals surface area (Å²) in [6.07, 6.45) is -1.24. The summed E-state index contributed by atoms with van der Waals surface area (Å²) in [7, 11) is 1.25. The molecule has 240 valence electrons. The number of rotatable bonds is 8. The highest BCUT2D eigenvalue weighted by Crippen LogP contribution is 2.55. The first kappa shape index (κ1) is 33.3. The predicted octanol–water partition coefficient (Wildman–Crippen LogP) is 2.05. The van der Waals surface area contributed by atoms with Crippen LogP contribution in [0.5, 0.6) is 0 Å². The Bertz CT molecular complexity index is 1380. The molecule has 4 aliphatic rings. The van der Waals surface area contributed by atoms with Crippen molar-refractivity contribution in [3.05, 3.63) is 34.9 Å². The second-order valence-electron chi connectivity index (χ2n) is 13.0. The van der Waals surface area contributed by atoms with Gasteiger partial charge in [0, 0.05) is 35.8 Å². The maximum absolute atomic E-state index is 14.1. The number of Topliss-reactive ketones (excluding diaryl/α,β-unsaturated/α-hetero) is 2. The highest BCUT2D eigenvalue weighted by atomic mass is 16.6. The summed E-state index contributed by atoms with van der Waals surface area (Å²) in [4.78, 5) is 79.1. The molecule has 12 nitrogen and oxygen atoms in total. The molecule has 2 N–H and O–H groups in total. The van der Waals surface area contributed by atoms with Crippen LogP contribution in [0.4, 0.5) is 0 Å². The maximum atomic E-state index is 14.1. The van der Waals surface area contributed by atoms with E-state index in [0.29, 0.717) is 6.42 Å². The molecule has 0 unspecified atom stereocenters. The van der Waals surface area contributed by atoms with Crippen molar-refractivity contribution in [1.29, 1.82) is 0 Å². The Morgan fingerprint density at radius 2 is 1.80 bits per heavy atom. The van der Waals surface area contributed by atoms with E-state index >= 15 is 0 Å². The number of carbonyl (C=O) groups is 6. The van der Waals surface area contributed by atoms with Crippen LogP contribution in [0.3, 0.4) is 0 Å². The third kappa shape index (κ3) is 5.42. The third-order valence-corrected chi connectivity index (χ3v) is 9.78. The van der Waals surface area contributed by atoms with Gasteiger partial charge in [-0.25, -0.2) is 9.59 Å². The first-order chi connectivity index (χ1) is 20.4. The van der Waals surface area contributed by atoms with Crippen molar-refractivity contribution in [2.75, 3.05) is 7.11 Å². The second kappa shape index (κ2) is 11.7. The summed E-state index contributed by atoms with van der Waals surface area (Å²) in [5.74, 6) is -6.55. The molecule has 0 aromatic rings. The van der Waals surface area contributed by atoms with Crippen LogP contribution in [0.25, 0.3) is 0 Å². The van der Waals surface area contributed by atoms with Crippen LogP contribution in [0.15, 0.2) is 34.9 Å². The highest BCUT2D eigenvalue weighted by molar-refractivity contribution is 6.04. The normalized spacial score (nSPS) is 34.4. The summed E-state index contributed by atoms with van der Waals surface area (Å²) >= 11 is 0. The van der Waals surface area contributed by atoms with Gasteiger partial charge >= 0.3 is 23.9 Å². The van der Waals surface area contributed by atoms with Crippen LogP contribution in [-0.4, -0.2) is 76.9 Å². The summed E-state index contributed by atoms with van der Waals surface area (Å²) in [5.41, 5.74) is -5.48. The van der Waals surface area contributed by atoms with Gasteiger partial charge in [-0.15, -0.1) is 0 Å². The van der Waals surface area contributed by atoms with Gasteiger partial charge in [-0.1, -0.05) is 47.6 Å². The van der Waals surface area contributed by atoms with E-state index in [1.165, 1.54) is 13.2 Å². The largest absolute Gasteiger partial charge is 0.469 e. The smallest absolute Gasteiger partial charge is 0.340 e. The number of methoxy groups -OCH3 is 1. The van der Waals surface area contributed by atoms with Gasteiger partial charge in [-0.05, 0) is 35.8 Å². The number of esters is 4. The number of hydrogen-bond acceptors (Lipinski definition) is 12. The van der Waals surface area contributed by atoms with E-state index in [1.54, 1.807) is 41.5 Å². The number of fused-ring (bicyclic) bond motifs is 1. The lowest BCUT2D eigenvalue weighted by atomic mass is 9.55. The Kier molecular flexibility index (Phi) is 8.84. The second-order valence-corrected chi connectivity index (χ2v) is 13.0. The van der Waals surface area contributed by atoms with E-state index in [4.69, 9.17) is 18.9 Å². The minimum Gasteiger partial charge on any atom is -0.469 e. The molecule has 2 aliphatic carbocycles. The van der Waals surface area contributed by atoms with Crippen LogP contribution in [0.2, 0.25) is 0 Å². The van der Waals surface area contributed by atoms with E-state index in [9.17, 15) is 39.0 Å². The molecule has 0 bridgehead atoms. The molecule has 44 heavy (non-hydrogen) atoms. The van der Waals surface area contributed by atoms with Crippen molar-refractivity contribution >= 4 is 35.4 Å². The number of allylic oxidation sites excluding steroid dienone is 1. The maximum Gasteiger partial charge on any atom is 0.340 e. The SMILES string of the molecule is CC[C@@H](C)C(=O)O[C@H](C1=CC(C)(C)[C@H](CC(=O)OC)[C@@H](C)C1=O)[C@@]1(O)C(=O)CC[C@]2(C)C1=CC(=O)O[C@H]2C1=C[C@H](O)OC1=O.